The van der Waals surface area contributed by atoms with Gasteiger partial charge < -0.3 is 15.3 Å². The number of thiol groups is 1. The minimum atomic E-state index is -1.80. The van der Waals surface area contributed by atoms with E-state index >= 15 is 0 Å². The van der Waals surface area contributed by atoms with Crippen molar-refractivity contribution in [2.24, 2.45) is 5.18 Å². The van der Waals surface area contributed by atoms with Gasteiger partial charge in [-0.1, -0.05) is 5.18 Å². The predicted molar refractivity (Wildman–Crippen MR) is 68.6 cm³/mol. The van der Waals surface area contributed by atoms with Crippen LogP contribution in [-0.2, 0) is 14.4 Å². The molecule has 0 aromatic rings. The van der Waals surface area contributed by atoms with Crippen molar-refractivity contribution in [3.63, 3.8) is 0 Å². The first-order valence-corrected chi connectivity index (χ1v) is 6.10. The van der Waals surface area contributed by atoms with Gasteiger partial charge in [0.05, 0.1) is 0 Å². The SMILES string of the molecule is CC(=O)N[C@@](S)(CN=O)C(=O)N1CCC[C@H]1C(=O)O. The van der Waals surface area contributed by atoms with E-state index in [1.54, 1.807) is 0 Å². The van der Waals surface area contributed by atoms with E-state index in [4.69, 9.17) is 5.11 Å². The fourth-order valence-corrected chi connectivity index (χ4v) is 2.39. The summed E-state index contributed by atoms with van der Waals surface area (Å²) in [7, 11) is 0. The Balaban J connectivity index is 2.96. The van der Waals surface area contributed by atoms with Crippen molar-refractivity contribution in [2.75, 3.05) is 13.1 Å². The lowest BCUT2D eigenvalue weighted by Crippen LogP contribution is -2.59. The van der Waals surface area contributed by atoms with Gasteiger partial charge in [-0.15, -0.1) is 12.6 Å². The molecule has 1 saturated heterocycles. The average Bonchev–Trinajstić information content (AvgIpc) is 2.75. The van der Waals surface area contributed by atoms with Gasteiger partial charge in [0.2, 0.25) is 5.91 Å². The van der Waals surface area contributed by atoms with E-state index in [0.717, 1.165) is 4.90 Å². The first-order valence-electron chi connectivity index (χ1n) is 5.66. The molecule has 1 rings (SSSR count). The molecule has 0 aromatic carbocycles. The maximum atomic E-state index is 12.3. The fraction of sp³-hybridized carbons (Fsp3) is 0.700. The normalized spacial score (nSPS) is 21.6. The van der Waals surface area contributed by atoms with Crippen LogP contribution in [0.15, 0.2) is 5.18 Å². The van der Waals surface area contributed by atoms with Gasteiger partial charge in [-0.3, -0.25) is 9.59 Å². The highest BCUT2D eigenvalue weighted by Crippen LogP contribution is 2.24. The number of hydrogen-bond donors (Lipinski definition) is 3. The summed E-state index contributed by atoms with van der Waals surface area (Å²) in [6, 6.07) is -0.959. The van der Waals surface area contributed by atoms with Crippen LogP contribution in [0.5, 0.6) is 0 Å². The first kappa shape index (κ1) is 15.4. The van der Waals surface area contributed by atoms with E-state index in [-0.39, 0.29) is 6.54 Å². The first-order chi connectivity index (χ1) is 8.81. The number of rotatable bonds is 5. The molecule has 0 aromatic heterocycles. The van der Waals surface area contributed by atoms with E-state index in [9.17, 15) is 19.3 Å². The van der Waals surface area contributed by atoms with Gasteiger partial charge in [-0.2, -0.15) is 4.91 Å². The van der Waals surface area contributed by atoms with E-state index in [2.05, 4.69) is 23.1 Å². The Hall–Kier alpha value is -1.64. The van der Waals surface area contributed by atoms with Crippen LogP contribution in [-0.4, -0.2) is 51.8 Å². The average molecular weight is 289 g/mol. The van der Waals surface area contributed by atoms with Crippen LogP contribution in [0, 0.1) is 4.91 Å². The number of carboxylic acids is 1. The van der Waals surface area contributed by atoms with Gasteiger partial charge in [-0.05, 0) is 12.8 Å². The van der Waals surface area contributed by atoms with Crippen molar-refractivity contribution in [1.29, 1.82) is 0 Å². The van der Waals surface area contributed by atoms with E-state index in [0.29, 0.717) is 12.8 Å². The Morgan fingerprint density at radius 3 is 2.63 bits per heavy atom. The van der Waals surface area contributed by atoms with Crippen LogP contribution in [0.4, 0.5) is 0 Å². The Kier molecular flexibility index (Phi) is 4.87. The second kappa shape index (κ2) is 6.00. The number of carbonyl (C=O) groups excluding carboxylic acids is 2. The standard InChI is InChI=1S/C10H15N3O5S/c1-6(14)12-10(19,5-11-18)9(17)13-4-2-3-7(13)8(15)16/h7,19H,2-5H2,1H3,(H,12,14)(H,15,16)/t7-,10+/m0/s1. The molecule has 2 atom stereocenters. The number of nitroso groups, excluding NO2 is 1. The van der Waals surface area contributed by atoms with Crippen LogP contribution in [0.25, 0.3) is 0 Å². The quantitative estimate of drug-likeness (QED) is 0.361. The topological polar surface area (TPSA) is 116 Å². The van der Waals surface area contributed by atoms with Gasteiger partial charge in [-0.25, -0.2) is 4.79 Å². The summed E-state index contributed by atoms with van der Waals surface area (Å²) in [5, 5.41) is 13.8. The number of carboxylic acid groups (broad SMARTS) is 1. The number of carbonyl (C=O) groups is 3. The van der Waals surface area contributed by atoms with Gasteiger partial charge in [0.1, 0.15) is 12.6 Å². The third-order valence-corrected chi connectivity index (χ3v) is 3.27. The Morgan fingerprint density at radius 2 is 2.16 bits per heavy atom. The lowest BCUT2D eigenvalue weighted by Gasteiger charge is -2.32. The van der Waals surface area contributed by atoms with Crippen molar-refractivity contribution in [2.45, 2.75) is 30.7 Å². The Labute approximate surface area is 114 Å². The molecule has 1 aliphatic rings. The summed E-state index contributed by atoms with van der Waals surface area (Å²) in [4.78, 5) is 44.1. The zero-order chi connectivity index (χ0) is 14.6. The van der Waals surface area contributed by atoms with Crippen molar-refractivity contribution >= 4 is 30.4 Å². The third kappa shape index (κ3) is 3.43. The van der Waals surface area contributed by atoms with Crippen molar-refractivity contribution in [1.82, 2.24) is 10.2 Å². The van der Waals surface area contributed by atoms with E-state index in [1.165, 1.54) is 6.92 Å². The smallest absolute Gasteiger partial charge is 0.326 e. The lowest BCUT2D eigenvalue weighted by atomic mass is 10.2. The molecule has 2 N–H and O–H groups in total. The molecule has 0 unspecified atom stereocenters. The fourth-order valence-electron chi connectivity index (χ4n) is 2.05. The summed E-state index contributed by atoms with van der Waals surface area (Å²) in [5.74, 6) is -2.41. The summed E-state index contributed by atoms with van der Waals surface area (Å²) >= 11 is 4.01. The van der Waals surface area contributed by atoms with Gasteiger partial charge in [0.25, 0.3) is 5.91 Å². The molecule has 19 heavy (non-hydrogen) atoms. The van der Waals surface area contributed by atoms with Crippen LogP contribution < -0.4 is 5.32 Å². The maximum absolute atomic E-state index is 12.3. The largest absolute Gasteiger partial charge is 0.480 e. The predicted octanol–water partition coefficient (Wildman–Crippen LogP) is -0.409. The van der Waals surface area contributed by atoms with Crippen LogP contribution >= 0.6 is 12.6 Å². The molecule has 2 amide bonds. The number of nitrogens with zero attached hydrogens (tertiary/aromatic N) is 2. The molecule has 9 heteroatoms. The van der Waals surface area contributed by atoms with E-state index in [1.807, 2.05) is 0 Å². The number of hydrogen-bond acceptors (Lipinski definition) is 6. The van der Waals surface area contributed by atoms with Crippen LogP contribution in [0.3, 0.4) is 0 Å². The number of nitrogens with one attached hydrogen (secondary N) is 1. The molecule has 0 saturated carbocycles. The molecular formula is C10H15N3O5S. The molecule has 1 aliphatic heterocycles. The second-order valence-electron chi connectivity index (χ2n) is 4.32. The number of likely N-dealkylation sites (tertiary alicyclic amines) is 1. The van der Waals surface area contributed by atoms with Gasteiger partial charge >= 0.3 is 5.97 Å². The summed E-state index contributed by atoms with van der Waals surface area (Å²) < 4.78 is 0. The molecule has 0 aliphatic carbocycles. The van der Waals surface area contributed by atoms with Crippen molar-refractivity contribution < 1.29 is 19.5 Å². The highest BCUT2D eigenvalue weighted by Gasteiger charge is 2.45. The van der Waals surface area contributed by atoms with Crippen molar-refractivity contribution in [3.05, 3.63) is 4.91 Å². The molecule has 0 bridgehead atoms. The highest BCUT2D eigenvalue weighted by atomic mass is 32.1. The molecule has 106 valence electrons. The minimum absolute atomic E-state index is 0.247. The van der Waals surface area contributed by atoms with Crippen molar-refractivity contribution in [3.8, 4) is 0 Å². The molecule has 1 heterocycles. The Bertz CT molecular complexity index is 416. The Morgan fingerprint density at radius 1 is 1.53 bits per heavy atom. The molecule has 0 spiro atoms. The molecular weight excluding hydrogens is 274 g/mol. The molecule has 1 fully saturated rings. The van der Waals surface area contributed by atoms with Gasteiger partial charge in [0.15, 0.2) is 4.87 Å². The zero-order valence-corrected chi connectivity index (χ0v) is 11.2. The van der Waals surface area contributed by atoms with Crippen LogP contribution in [0.1, 0.15) is 19.8 Å². The summed E-state index contributed by atoms with van der Waals surface area (Å²) in [6.07, 6.45) is 0.876. The zero-order valence-electron chi connectivity index (χ0n) is 10.3. The molecule has 8 nitrogen and oxygen atoms in total. The minimum Gasteiger partial charge on any atom is -0.480 e. The summed E-state index contributed by atoms with van der Waals surface area (Å²) in [6.45, 7) is 0.843. The maximum Gasteiger partial charge on any atom is 0.326 e. The highest BCUT2D eigenvalue weighted by molar-refractivity contribution is 7.82. The number of amides is 2. The number of aliphatic carboxylic acids is 1. The molecule has 0 radical (unpaired) electrons. The van der Waals surface area contributed by atoms with Gasteiger partial charge in [0, 0.05) is 13.5 Å². The second-order valence-corrected chi connectivity index (χ2v) is 5.09. The van der Waals surface area contributed by atoms with E-state index < -0.39 is 35.2 Å². The van der Waals surface area contributed by atoms with Crippen LogP contribution in [0.2, 0.25) is 0 Å². The third-order valence-electron chi connectivity index (χ3n) is 2.83. The monoisotopic (exact) mass is 289 g/mol. The lowest BCUT2D eigenvalue weighted by molar-refractivity contribution is -0.149. The summed E-state index contributed by atoms with van der Waals surface area (Å²) in [5.41, 5.74) is 0.